The molecule has 0 atom stereocenters. The van der Waals surface area contributed by atoms with E-state index in [0.29, 0.717) is 6.42 Å². The molecular formula is C36H55NO4. The van der Waals surface area contributed by atoms with Crippen LogP contribution in [-0.4, -0.2) is 16.9 Å². The number of aromatic nitrogens is 1. The van der Waals surface area contributed by atoms with E-state index in [2.05, 4.69) is 36.0 Å². The van der Waals surface area contributed by atoms with Crippen LogP contribution in [0.25, 0.3) is 0 Å². The van der Waals surface area contributed by atoms with Crippen LogP contribution in [0.2, 0.25) is 0 Å². The standard InChI is InChI=1S/C36H55NO4/c1-2-3-4-5-6-7-8-9-10-11-12-13-17-20-28-37-29-22-24-31(30-37)23-18-15-14-16-19-27-34(38)32-25-21-26-33(35(32)39)36(40)41/h21-22,24-26,29-30H,2-20,23,27-28H2,1H3,(H-,38,39,40,41). The molecule has 0 spiro atoms. The topological polar surface area (TPSA) is 81.3 Å². The number of aryl methyl sites for hydroxylation is 2. The summed E-state index contributed by atoms with van der Waals surface area (Å²) in [4.78, 5) is 23.4. The van der Waals surface area contributed by atoms with Crippen LogP contribution in [0.4, 0.5) is 0 Å². The van der Waals surface area contributed by atoms with Crippen molar-refractivity contribution in [1.82, 2.24) is 0 Å². The van der Waals surface area contributed by atoms with Crippen molar-refractivity contribution in [2.75, 3.05) is 0 Å². The van der Waals surface area contributed by atoms with Gasteiger partial charge in [0.2, 0.25) is 0 Å². The second kappa shape index (κ2) is 22.0. The normalized spacial score (nSPS) is 11.1. The first-order valence-corrected chi connectivity index (χ1v) is 16.6. The highest BCUT2D eigenvalue weighted by atomic mass is 16.4. The maximum Gasteiger partial charge on any atom is 0.171 e. The van der Waals surface area contributed by atoms with E-state index in [0.717, 1.165) is 45.1 Å². The molecule has 0 saturated heterocycles. The smallest absolute Gasteiger partial charge is 0.171 e. The summed E-state index contributed by atoms with van der Waals surface area (Å²) in [7, 11) is 0. The van der Waals surface area contributed by atoms with Crippen LogP contribution in [0.5, 0.6) is 5.75 Å². The van der Waals surface area contributed by atoms with Gasteiger partial charge in [0.05, 0.1) is 11.5 Å². The summed E-state index contributed by atoms with van der Waals surface area (Å²) in [6.45, 7) is 3.38. The van der Waals surface area contributed by atoms with E-state index in [9.17, 15) is 19.8 Å². The fourth-order valence-corrected chi connectivity index (χ4v) is 5.57. The van der Waals surface area contributed by atoms with Gasteiger partial charge in [0.15, 0.2) is 18.2 Å². The van der Waals surface area contributed by atoms with Gasteiger partial charge in [-0.15, -0.1) is 0 Å². The van der Waals surface area contributed by atoms with Crippen LogP contribution in [-0.2, 0) is 13.0 Å². The molecule has 0 aliphatic heterocycles. The minimum absolute atomic E-state index is 0.0677. The molecule has 41 heavy (non-hydrogen) atoms. The monoisotopic (exact) mass is 565 g/mol. The number of ketones is 1. The van der Waals surface area contributed by atoms with Crippen molar-refractivity contribution >= 4 is 11.8 Å². The minimum Gasteiger partial charge on any atom is -0.545 e. The van der Waals surface area contributed by atoms with Crippen molar-refractivity contribution < 1.29 is 24.4 Å². The SMILES string of the molecule is CCCCCCCCCCCCCCCC[n+]1cccc(CCCCCCCC(=O)c2cccc(C(=O)[O-])c2O)c1. The third-order valence-corrected chi connectivity index (χ3v) is 8.11. The summed E-state index contributed by atoms with van der Waals surface area (Å²) in [6, 6.07) is 8.56. The number of carboxylic acid groups (broad SMARTS) is 1. The molecule has 1 aromatic carbocycles. The zero-order chi connectivity index (χ0) is 29.5. The number of hydrogen-bond donors (Lipinski definition) is 1. The third-order valence-electron chi connectivity index (χ3n) is 8.11. The van der Waals surface area contributed by atoms with Crippen molar-refractivity contribution in [2.45, 2.75) is 148 Å². The van der Waals surface area contributed by atoms with Gasteiger partial charge >= 0.3 is 0 Å². The van der Waals surface area contributed by atoms with Gasteiger partial charge in [0.1, 0.15) is 12.3 Å². The second-order valence-electron chi connectivity index (χ2n) is 11.7. The highest BCUT2D eigenvalue weighted by Gasteiger charge is 2.14. The molecule has 0 fully saturated rings. The van der Waals surface area contributed by atoms with E-state index in [-0.39, 0.29) is 16.9 Å². The molecule has 0 aliphatic rings. The highest BCUT2D eigenvalue weighted by molar-refractivity contribution is 6.02. The first-order chi connectivity index (χ1) is 20.0. The van der Waals surface area contributed by atoms with Crippen LogP contribution in [0.15, 0.2) is 42.7 Å². The number of nitrogens with zero attached hydrogens (tertiary/aromatic N) is 1. The lowest BCUT2D eigenvalue weighted by Gasteiger charge is -2.09. The van der Waals surface area contributed by atoms with Crippen molar-refractivity contribution in [3.63, 3.8) is 0 Å². The molecule has 1 heterocycles. The summed E-state index contributed by atoms with van der Waals surface area (Å²) in [6.07, 6.45) is 30.3. The molecule has 2 rings (SSSR count). The Morgan fingerprint density at radius 2 is 1.22 bits per heavy atom. The van der Waals surface area contributed by atoms with E-state index in [1.54, 1.807) is 0 Å². The number of aromatic carboxylic acids is 1. The Balaban J connectivity index is 1.47. The zero-order valence-corrected chi connectivity index (χ0v) is 25.7. The van der Waals surface area contributed by atoms with Crippen molar-refractivity contribution in [2.24, 2.45) is 0 Å². The van der Waals surface area contributed by atoms with Crippen molar-refractivity contribution in [3.05, 3.63) is 59.4 Å². The van der Waals surface area contributed by atoms with Gasteiger partial charge in [-0.3, -0.25) is 4.79 Å². The van der Waals surface area contributed by atoms with E-state index >= 15 is 0 Å². The number of hydrogen-bond acceptors (Lipinski definition) is 4. The number of rotatable bonds is 25. The predicted octanol–water partition coefficient (Wildman–Crippen LogP) is 8.29. The molecule has 0 radical (unpaired) electrons. The molecule has 2 aromatic rings. The molecule has 228 valence electrons. The Kier molecular flexibility index (Phi) is 18.5. The largest absolute Gasteiger partial charge is 0.545 e. The van der Waals surface area contributed by atoms with Crippen molar-refractivity contribution in [1.29, 1.82) is 0 Å². The summed E-state index contributed by atoms with van der Waals surface area (Å²) in [5.41, 5.74) is 1.12. The lowest BCUT2D eigenvalue weighted by atomic mass is 10.00. The molecule has 0 amide bonds. The first-order valence-electron chi connectivity index (χ1n) is 16.6. The maximum absolute atomic E-state index is 12.4. The molecular weight excluding hydrogens is 510 g/mol. The summed E-state index contributed by atoms with van der Waals surface area (Å²) in [5.74, 6) is -2.18. The minimum atomic E-state index is -1.48. The Hall–Kier alpha value is -2.69. The molecule has 0 saturated carbocycles. The van der Waals surface area contributed by atoms with Gasteiger partial charge in [0, 0.05) is 30.0 Å². The average Bonchev–Trinajstić information content (AvgIpc) is 2.97. The number of Topliss-reactive ketones (excluding diaryl/α,β-unsaturated/α-hetero) is 1. The highest BCUT2D eigenvalue weighted by Crippen LogP contribution is 2.24. The fourth-order valence-electron chi connectivity index (χ4n) is 5.57. The average molecular weight is 566 g/mol. The number of phenols is 1. The number of carbonyl (C=O) groups excluding carboxylic acids is 2. The summed E-state index contributed by atoms with van der Waals surface area (Å²) < 4.78 is 2.34. The second-order valence-corrected chi connectivity index (χ2v) is 11.7. The maximum atomic E-state index is 12.4. The van der Waals surface area contributed by atoms with E-state index in [4.69, 9.17) is 0 Å². The van der Waals surface area contributed by atoms with Gasteiger partial charge in [-0.1, -0.05) is 109 Å². The van der Waals surface area contributed by atoms with Gasteiger partial charge in [-0.2, -0.15) is 0 Å². The third kappa shape index (κ3) is 15.2. The number of carbonyl (C=O) groups is 2. The number of unbranched alkanes of at least 4 members (excludes halogenated alkanes) is 17. The molecule has 5 nitrogen and oxygen atoms in total. The number of carboxylic acids is 1. The molecule has 0 unspecified atom stereocenters. The van der Waals surface area contributed by atoms with Gasteiger partial charge in [0.25, 0.3) is 0 Å². The van der Waals surface area contributed by atoms with E-state index in [1.807, 2.05) is 0 Å². The summed E-state index contributed by atoms with van der Waals surface area (Å²) >= 11 is 0. The zero-order valence-electron chi connectivity index (χ0n) is 25.7. The quantitative estimate of drug-likeness (QED) is 0.0746. The van der Waals surface area contributed by atoms with Gasteiger partial charge in [-0.05, 0) is 43.9 Å². The Labute approximate surface area is 249 Å². The Morgan fingerprint density at radius 3 is 1.83 bits per heavy atom. The number of aromatic hydroxyl groups is 1. The van der Waals surface area contributed by atoms with E-state index in [1.165, 1.54) is 114 Å². The number of pyridine rings is 1. The van der Waals surface area contributed by atoms with Crippen LogP contribution >= 0.6 is 0 Å². The van der Waals surface area contributed by atoms with E-state index < -0.39 is 11.7 Å². The molecule has 1 aromatic heterocycles. The predicted molar refractivity (Wildman–Crippen MR) is 165 cm³/mol. The summed E-state index contributed by atoms with van der Waals surface area (Å²) in [5, 5.41) is 21.1. The van der Waals surface area contributed by atoms with Crippen LogP contribution < -0.4 is 9.67 Å². The van der Waals surface area contributed by atoms with Crippen molar-refractivity contribution in [3.8, 4) is 5.75 Å². The van der Waals surface area contributed by atoms with Crippen LogP contribution in [0, 0.1) is 0 Å². The lowest BCUT2D eigenvalue weighted by molar-refractivity contribution is -0.697. The van der Waals surface area contributed by atoms with Gasteiger partial charge < -0.3 is 15.0 Å². The molecule has 0 aliphatic carbocycles. The molecule has 5 heteroatoms. The lowest BCUT2D eigenvalue weighted by Crippen LogP contribution is -2.33. The van der Waals surface area contributed by atoms with Crippen LogP contribution in [0.3, 0.4) is 0 Å². The van der Waals surface area contributed by atoms with Gasteiger partial charge in [-0.25, -0.2) is 4.57 Å². The van der Waals surface area contributed by atoms with Crippen LogP contribution in [0.1, 0.15) is 162 Å². The molecule has 1 N–H and O–H groups in total. The first kappa shape index (κ1) is 34.5. The number of benzene rings is 1. The molecule has 0 bridgehead atoms. The Morgan fingerprint density at radius 1 is 0.683 bits per heavy atom. The number of para-hydroxylation sites is 1. The Bertz CT molecular complexity index is 1000. The fraction of sp³-hybridized carbons (Fsp3) is 0.639.